The van der Waals surface area contributed by atoms with Crippen molar-refractivity contribution in [2.24, 2.45) is 15.9 Å². The Hall–Kier alpha value is -3.77. The number of aliphatic hydroxyl groups is 1. The molecule has 0 saturated carbocycles. The van der Waals surface area contributed by atoms with E-state index < -0.39 is 12.5 Å². The molecular formula is C25H29N3O6. The van der Waals surface area contributed by atoms with Crippen LogP contribution in [-0.2, 0) is 9.59 Å². The number of amides is 1. The van der Waals surface area contributed by atoms with Crippen molar-refractivity contribution in [1.29, 1.82) is 0 Å². The van der Waals surface area contributed by atoms with E-state index in [1.807, 2.05) is 6.07 Å². The molecule has 0 aliphatic rings. The average molecular weight is 468 g/mol. The van der Waals surface area contributed by atoms with Gasteiger partial charge in [-0.1, -0.05) is 42.8 Å². The first-order valence-corrected chi connectivity index (χ1v) is 11.1. The molecule has 0 aromatic heterocycles. The van der Waals surface area contributed by atoms with Crippen LogP contribution < -0.4 is 9.47 Å². The van der Waals surface area contributed by atoms with Crippen LogP contribution in [0.4, 0.5) is 4.79 Å². The number of hydrogen-bond donors (Lipinski definition) is 1. The maximum absolute atomic E-state index is 12.8. The van der Waals surface area contributed by atoms with Gasteiger partial charge >= 0.3 is 6.09 Å². The van der Waals surface area contributed by atoms with E-state index in [1.165, 1.54) is 6.08 Å². The third-order valence-electron chi connectivity index (χ3n) is 5.06. The summed E-state index contributed by atoms with van der Waals surface area (Å²) in [6.45, 7) is 0.893. The number of carbonyl (C=O) groups is 1. The van der Waals surface area contributed by atoms with Crippen LogP contribution in [-0.4, -0.2) is 54.3 Å². The average Bonchev–Trinajstić information content (AvgIpc) is 2.85. The van der Waals surface area contributed by atoms with E-state index in [0.29, 0.717) is 37.4 Å². The fraction of sp³-hybridized carbons (Fsp3) is 0.400. The quantitative estimate of drug-likeness (QED) is 0.182. The summed E-state index contributed by atoms with van der Waals surface area (Å²) >= 11 is 0. The van der Waals surface area contributed by atoms with Crippen molar-refractivity contribution >= 4 is 18.3 Å². The Morgan fingerprint density at radius 3 is 2.15 bits per heavy atom. The molecule has 0 aliphatic carbocycles. The van der Waals surface area contributed by atoms with E-state index in [9.17, 15) is 19.5 Å². The van der Waals surface area contributed by atoms with Gasteiger partial charge in [-0.05, 0) is 55.9 Å². The first kappa shape index (κ1) is 26.5. The molecule has 180 valence electrons. The van der Waals surface area contributed by atoms with E-state index in [2.05, 4.69) is 9.98 Å². The molecule has 0 heterocycles. The largest absolute Gasteiger partial charge is 0.447 e. The molecule has 1 amide bonds. The number of aliphatic imine (C=N–C) groups is 2. The molecule has 2 aromatic rings. The van der Waals surface area contributed by atoms with Gasteiger partial charge in [0.15, 0.2) is 0 Å². The van der Waals surface area contributed by atoms with E-state index in [-0.39, 0.29) is 12.5 Å². The Labute approximate surface area is 198 Å². The van der Waals surface area contributed by atoms with Crippen LogP contribution in [0.5, 0.6) is 11.5 Å². The summed E-state index contributed by atoms with van der Waals surface area (Å²) in [5, 5.41) is 10.6. The number of carbonyl (C=O) groups excluding carboxylic acids is 3. The lowest BCUT2D eigenvalue weighted by atomic mass is 9.96. The molecule has 0 fully saturated rings. The summed E-state index contributed by atoms with van der Waals surface area (Å²) in [7, 11) is 0. The van der Waals surface area contributed by atoms with E-state index in [0.717, 1.165) is 24.2 Å². The molecule has 2 atom stereocenters. The number of ether oxygens (including phenoxy) is 2. The Bertz CT molecular complexity index is 944. The zero-order valence-electron chi connectivity index (χ0n) is 18.9. The molecule has 0 radical (unpaired) electrons. The highest BCUT2D eigenvalue weighted by molar-refractivity contribution is 5.70. The standard InChI is InChI=1S/C25H29N3O6/c29-19-26-16-8-7-10-21(18-27-20-30)11-9-17-28(24(31)33-22-12-3-1-4-13-22)25(32)34-23-14-5-2-6-15-23/h1-6,12-15,21,24,31H,7-11,16-18H2. The van der Waals surface area contributed by atoms with Gasteiger partial charge in [0.2, 0.25) is 12.2 Å². The number of benzene rings is 2. The van der Waals surface area contributed by atoms with Gasteiger partial charge < -0.3 is 14.6 Å². The first-order chi connectivity index (χ1) is 16.6. The molecule has 2 rings (SSSR count). The van der Waals surface area contributed by atoms with Crippen molar-refractivity contribution < 1.29 is 29.0 Å². The van der Waals surface area contributed by atoms with Gasteiger partial charge in [0.1, 0.15) is 11.5 Å². The maximum atomic E-state index is 12.8. The van der Waals surface area contributed by atoms with Gasteiger partial charge in [0.05, 0.1) is 13.1 Å². The third kappa shape index (κ3) is 10.2. The van der Waals surface area contributed by atoms with Crippen molar-refractivity contribution in [3.63, 3.8) is 0 Å². The SMILES string of the molecule is O=C=NCCCCC(CCCN(C(=O)Oc1ccccc1)C(O)Oc1ccccc1)CN=C=O. The monoisotopic (exact) mass is 467 g/mol. The molecular weight excluding hydrogens is 438 g/mol. The van der Waals surface area contributed by atoms with Crippen LogP contribution in [0, 0.1) is 5.92 Å². The molecule has 2 aromatic carbocycles. The van der Waals surface area contributed by atoms with E-state index in [1.54, 1.807) is 60.7 Å². The van der Waals surface area contributed by atoms with Crippen LogP contribution in [0.25, 0.3) is 0 Å². The molecule has 1 N–H and O–H groups in total. The van der Waals surface area contributed by atoms with Gasteiger partial charge in [-0.15, -0.1) is 0 Å². The summed E-state index contributed by atoms with van der Waals surface area (Å²) in [6.07, 6.45) is 4.26. The number of rotatable bonds is 15. The second-order valence-electron chi connectivity index (χ2n) is 7.54. The van der Waals surface area contributed by atoms with Crippen LogP contribution in [0.2, 0.25) is 0 Å². The molecule has 0 spiro atoms. The number of hydrogen-bond acceptors (Lipinski definition) is 8. The topological polar surface area (TPSA) is 118 Å². The van der Waals surface area contributed by atoms with Crippen LogP contribution in [0.1, 0.15) is 32.1 Å². The summed E-state index contributed by atoms with van der Waals surface area (Å²) < 4.78 is 10.9. The molecule has 2 unspecified atom stereocenters. The fourth-order valence-corrected chi connectivity index (χ4v) is 3.34. The lowest BCUT2D eigenvalue weighted by molar-refractivity contribution is -0.119. The lowest BCUT2D eigenvalue weighted by Gasteiger charge is -2.27. The highest BCUT2D eigenvalue weighted by Gasteiger charge is 2.25. The second-order valence-corrected chi connectivity index (χ2v) is 7.54. The molecule has 34 heavy (non-hydrogen) atoms. The van der Waals surface area contributed by atoms with Gasteiger partial charge in [-0.2, -0.15) is 0 Å². The predicted molar refractivity (Wildman–Crippen MR) is 125 cm³/mol. The van der Waals surface area contributed by atoms with Gasteiger partial charge in [0, 0.05) is 6.54 Å². The highest BCUT2D eigenvalue weighted by atomic mass is 16.6. The summed E-state index contributed by atoms with van der Waals surface area (Å²) in [6, 6.07) is 17.2. The summed E-state index contributed by atoms with van der Waals surface area (Å²) in [5.41, 5.74) is 0. The minimum Gasteiger partial charge on any atom is -0.447 e. The minimum absolute atomic E-state index is 0.0841. The van der Waals surface area contributed by atoms with Gasteiger partial charge in [0.25, 0.3) is 6.41 Å². The number of unbranched alkanes of at least 4 members (excludes halogenated alkanes) is 1. The first-order valence-electron chi connectivity index (χ1n) is 11.1. The molecule has 0 bridgehead atoms. The fourth-order valence-electron chi connectivity index (χ4n) is 3.34. The van der Waals surface area contributed by atoms with Crippen molar-refractivity contribution in [2.75, 3.05) is 19.6 Å². The van der Waals surface area contributed by atoms with Crippen molar-refractivity contribution in [1.82, 2.24) is 4.90 Å². The number of aliphatic hydroxyl groups excluding tert-OH is 1. The van der Waals surface area contributed by atoms with Crippen LogP contribution in [0.15, 0.2) is 70.6 Å². The minimum atomic E-state index is -1.55. The van der Waals surface area contributed by atoms with Crippen molar-refractivity contribution in [3.8, 4) is 11.5 Å². The highest BCUT2D eigenvalue weighted by Crippen LogP contribution is 2.19. The number of para-hydroxylation sites is 2. The Morgan fingerprint density at radius 2 is 1.50 bits per heavy atom. The number of nitrogens with zero attached hydrogens (tertiary/aromatic N) is 3. The van der Waals surface area contributed by atoms with Crippen LogP contribution in [0.3, 0.4) is 0 Å². The number of isocyanates is 2. The Kier molecular flexibility index (Phi) is 12.4. The van der Waals surface area contributed by atoms with Crippen molar-refractivity contribution in [2.45, 2.75) is 38.5 Å². The Morgan fingerprint density at radius 1 is 0.882 bits per heavy atom. The predicted octanol–water partition coefficient (Wildman–Crippen LogP) is 4.08. The summed E-state index contributed by atoms with van der Waals surface area (Å²) in [5.74, 6) is 0.838. The lowest BCUT2D eigenvalue weighted by Crippen LogP contribution is -2.45. The third-order valence-corrected chi connectivity index (χ3v) is 5.06. The molecule has 9 heteroatoms. The second kappa shape index (κ2) is 15.9. The summed E-state index contributed by atoms with van der Waals surface area (Å²) in [4.78, 5) is 41.9. The van der Waals surface area contributed by atoms with E-state index in [4.69, 9.17) is 9.47 Å². The molecule has 0 aliphatic heterocycles. The smallest absolute Gasteiger partial charge is 0.420 e. The zero-order valence-corrected chi connectivity index (χ0v) is 18.9. The molecule has 0 saturated heterocycles. The van der Waals surface area contributed by atoms with Gasteiger partial charge in [-0.3, -0.25) is 0 Å². The van der Waals surface area contributed by atoms with Crippen LogP contribution >= 0.6 is 0 Å². The van der Waals surface area contributed by atoms with Gasteiger partial charge in [-0.25, -0.2) is 29.3 Å². The molecule has 9 nitrogen and oxygen atoms in total. The van der Waals surface area contributed by atoms with E-state index >= 15 is 0 Å². The Balaban J connectivity index is 1.99. The maximum Gasteiger partial charge on any atom is 0.420 e. The zero-order chi connectivity index (χ0) is 24.4. The normalized spacial score (nSPS) is 11.9. The van der Waals surface area contributed by atoms with Crippen molar-refractivity contribution in [3.05, 3.63) is 60.7 Å².